The molecule has 4 aromatic rings. The summed E-state index contributed by atoms with van der Waals surface area (Å²) in [5.74, 6) is 0.963. The van der Waals surface area contributed by atoms with Gasteiger partial charge in [0.15, 0.2) is 5.65 Å². The van der Waals surface area contributed by atoms with Crippen molar-refractivity contribution in [2.45, 2.75) is 39.2 Å². The smallest absolute Gasteiger partial charge is 0.412 e. The number of nitrogens with zero attached hydrogens (tertiary/aromatic N) is 4. The summed E-state index contributed by atoms with van der Waals surface area (Å²) in [6, 6.07) is 16.7. The normalized spacial score (nSPS) is 13.4. The van der Waals surface area contributed by atoms with Crippen LogP contribution >= 0.6 is 0 Å². The maximum Gasteiger partial charge on any atom is 0.412 e. The molecule has 5 rings (SSSR count). The Bertz CT molecular complexity index is 1500. The molecule has 1 aliphatic rings. The number of amides is 2. The number of nitrogens with one attached hydrogen (secondary N) is 2. The Morgan fingerprint density at radius 2 is 1.67 bits per heavy atom. The average molecular weight is 529 g/mol. The van der Waals surface area contributed by atoms with Crippen LogP contribution in [0.15, 0.2) is 60.8 Å². The van der Waals surface area contributed by atoms with Gasteiger partial charge >= 0.3 is 6.09 Å². The third-order valence-electron chi connectivity index (χ3n) is 6.28. The molecule has 0 bridgehead atoms. The second-order valence-electron chi connectivity index (χ2n) is 10.4. The number of rotatable bonds is 6. The van der Waals surface area contributed by atoms with E-state index in [9.17, 15) is 9.59 Å². The largest absolute Gasteiger partial charge is 0.495 e. The molecule has 2 N–H and O–H groups in total. The number of carbonyl (C=O) groups excluding carboxylic acids is 2. The standard InChI is InChI=1S/C29H32N6O4/c1-29(2,3)39-28(37)30-22-11-7-19(8-12-22)21-10-14-25-32-27(33-35(25)18-21)31-23-13-9-20(17-24(23)38-4)26(36)34-15-5-6-16-34/h7-14,17-18H,5-6,15-16H2,1-4H3,(H,30,37)(H,31,33). The van der Waals surface area contributed by atoms with Gasteiger partial charge in [-0.25, -0.2) is 9.31 Å². The Hall–Kier alpha value is -4.60. The quantitative estimate of drug-likeness (QED) is 0.329. The fourth-order valence-electron chi connectivity index (χ4n) is 4.43. The van der Waals surface area contributed by atoms with E-state index in [2.05, 4.69) is 20.7 Å². The van der Waals surface area contributed by atoms with Gasteiger partial charge in [-0.3, -0.25) is 10.1 Å². The fourth-order valence-corrected chi connectivity index (χ4v) is 4.43. The fraction of sp³-hybridized carbons (Fsp3) is 0.310. The average Bonchev–Trinajstić information content (AvgIpc) is 3.57. The number of anilines is 3. The van der Waals surface area contributed by atoms with E-state index in [1.54, 1.807) is 23.8 Å². The van der Waals surface area contributed by atoms with Gasteiger partial charge in [-0.1, -0.05) is 12.1 Å². The first kappa shape index (κ1) is 26.0. The lowest BCUT2D eigenvalue weighted by Gasteiger charge is -2.19. The van der Waals surface area contributed by atoms with E-state index < -0.39 is 11.7 Å². The molecule has 0 radical (unpaired) electrons. The van der Waals surface area contributed by atoms with Crippen molar-refractivity contribution < 1.29 is 19.1 Å². The number of fused-ring (bicyclic) bond motifs is 1. The molecule has 2 amide bonds. The minimum atomic E-state index is -0.564. The van der Waals surface area contributed by atoms with E-state index in [1.807, 2.05) is 74.3 Å². The lowest BCUT2D eigenvalue weighted by molar-refractivity contribution is 0.0635. The van der Waals surface area contributed by atoms with Gasteiger partial charge in [0.1, 0.15) is 11.4 Å². The molecule has 3 heterocycles. The molecule has 10 heteroatoms. The molecule has 1 saturated heterocycles. The molecule has 0 aliphatic carbocycles. The van der Waals surface area contributed by atoms with Crippen LogP contribution < -0.4 is 15.4 Å². The van der Waals surface area contributed by atoms with Crippen molar-refractivity contribution >= 4 is 35.0 Å². The molecule has 2 aromatic carbocycles. The maximum atomic E-state index is 12.8. The number of likely N-dealkylation sites (tertiary alicyclic amines) is 1. The van der Waals surface area contributed by atoms with Crippen molar-refractivity contribution in [3.8, 4) is 16.9 Å². The van der Waals surface area contributed by atoms with E-state index in [4.69, 9.17) is 9.47 Å². The SMILES string of the molecule is COc1cc(C(=O)N2CCCC2)ccc1Nc1nc2ccc(-c3ccc(NC(=O)OC(C)(C)C)cc3)cn2n1. The van der Waals surface area contributed by atoms with E-state index in [1.165, 1.54) is 0 Å². The highest BCUT2D eigenvalue weighted by molar-refractivity contribution is 5.95. The molecule has 202 valence electrons. The Kier molecular flexibility index (Phi) is 7.10. The number of hydrogen-bond acceptors (Lipinski definition) is 7. The summed E-state index contributed by atoms with van der Waals surface area (Å²) in [5, 5.41) is 10.5. The molecule has 0 atom stereocenters. The highest BCUT2D eigenvalue weighted by atomic mass is 16.6. The van der Waals surface area contributed by atoms with Crippen LogP contribution in [0.1, 0.15) is 44.0 Å². The molecule has 0 unspecified atom stereocenters. The molecule has 1 aliphatic heterocycles. The Morgan fingerprint density at radius 3 is 2.36 bits per heavy atom. The predicted molar refractivity (Wildman–Crippen MR) is 150 cm³/mol. The van der Waals surface area contributed by atoms with Gasteiger partial charge in [0.05, 0.1) is 12.8 Å². The summed E-state index contributed by atoms with van der Waals surface area (Å²) < 4.78 is 12.5. The van der Waals surface area contributed by atoms with Crippen molar-refractivity contribution in [3.05, 3.63) is 66.4 Å². The summed E-state index contributed by atoms with van der Waals surface area (Å²) in [7, 11) is 1.57. The first-order valence-corrected chi connectivity index (χ1v) is 12.9. The lowest BCUT2D eigenvalue weighted by atomic mass is 10.1. The lowest BCUT2D eigenvalue weighted by Crippen LogP contribution is -2.27. The van der Waals surface area contributed by atoms with Crippen LogP contribution in [0.2, 0.25) is 0 Å². The van der Waals surface area contributed by atoms with Crippen molar-refractivity contribution in [1.82, 2.24) is 19.5 Å². The summed E-state index contributed by atoms with van der Waals surface area (Å²) in [5.41, 5.74) is 3.90. The van der Waals surface area contributed by atoms with Crippen LogP contribution in [0.3, 0.4) is 0 Å². The topological polar surface area (TPSA) is 110 Å². The zero-order valence-electron chi connectivity index (χ0n) is 22.5. The van der Waals surface area contributed by atoms with Gasteiger partial charge in [-0.15, -0.1) is 5.10 Å². The van der Waals surface area contributed by atoms with Crippen LogP contribution in [0, 0.1) is 0 Å². The summed E-state index contributed by atoms with van der Waals surface area (Å²) in [4.78, 5) is 31.2. The van der Waals surface area contributed by atoms with Crippen molar-refractivity contribution in [2.24, 2.45) is 0 Å². The zero-order valence-corrected chi connectivity index (χ0v) is 22.5. The number of aromatic nitrogens is 3. The van der Waals surface area contributed by atoms with Gasteiger partial charge < -0.3 is 19.7 Å². The van der Waals surface area contributed by atoms with E-state index >= 15 is 0 Å². The minimum Gasteiger partial charge on any atom is -0.495 e. The molecule has 10 nitrogen and oxygen atoms in total. The summed E-state index contributed by atoms with van der Waals surface area (Å²) in [6.07, 6.45) is 3.48. The van der Waals surface area contributed by atoms with Gasteiger partial charge in [0.25, 0.3) is 5.91 Å². The van der Waals surface area contributed by atoms with Crippen LogP contribution in [-0.2, 0) is 4.74 Å². The molecule has 2 aromatic heterocycles. The highest BCUT2D eigenvalue weighted by Crippen LogP contribution is 2.29. The van der Waals surface area contributed by atoms with Crippen LogP contribution in [0.5, 0.6) is 5.75 Å². The summed E-state index contributed by atoms with van der Waals surface area (Å²) in [6.45, 7) is 7.05. The van der Waals surface area contributed by atoms with E-state index in [0.717, 1.165) is 37.1 Å². The van der Waals surface area contributed by atoms with E-state index in [0.29, 0.717) is 34.3 Å². The second kappa shape index (κ2) is 10.6. The van der Waals surface area contributed by atoms with Crippen LogP contribution in [0.4, 0.5) is 22.1 Å². The number of hydrogen-bond donors (Lipinski definition) is 2. The third-order valence-corrected chi connectivity index (χ3v) is 6.28. The first-order chi connectivity index (χ1) is 18.7. The first-order valence-electron chi connectivity index (χ1n) is 12.9. The molecular formula is C29H32N6O4. The van der Waals surface area contributed by atoms with Crippen molar-refractivity contribution in [2.75, 3.05) is 30.8 Å². The number of pyridine rings is 1. The van der Waals surface area contributed by atoms with Gasteiger partial charge in [0.2, 0.25) is 5.95 Å². The predicted octanol–water partition coefficient (Wildman–Crippen LogP) is 5.73. The van der Waals surface area contributed by atoms with E-state index in [-0.39, 0.29) is 5.91 Å². The second-order valence-corrected chi connectivity index (χ2v) is 10.4. The number of carbonyl (C=O) groups is 2. The molecule has 0 saturated carbocycles. The minimum absolute atomic E-state index is 0.0180. The third kappa shape index (κ3) is 6.11. The maximum absolute atomic E-state index is 12.8. The molecule has 39 heavy (non-hydrogen) atoms. The summed E-state index contributed by atoms with van der Waals surface area (Å²) >= 11 is 0. The van der Waals surface area contributed by atoms with Gasteiger partial charge in [-0.2, -0.15) is 4.98 Å². The molecule has 0 spiro atoms. The number of methoxy groups -OCH3 is 1. The number of benzene rings is 2. The highest BCUT2D eigenvalue weighted by Gasteiger charge is 2.21. The van der Waals surface area contributed by atoms with Crippen LogP contribution in [0.25, 0.3) is 16.8 Å². The van der Waals surface area contributed by atoms with Gasteiger partial charge in [0, 0.05) is 36.1 Å². The number of ether oxygens (including phenoxy) is 2. The zero-order chi connectivity index (χ0) is 27.6. The van der Waals surface area contributed by atoms with Crippen molar-refractivity contribution in [1.29, 1.82) is 0 Å². The Morgan fingerprint density at radius 1 is 0.949 bits per heavy atom. The van der Waals surface area contributed by atoms with Gasteiger partial charge in [-0.05, 0) is 81.6 Å². The Balaban J connectivity index is 1.30. The molecular weight excluding hydrogens is 496 g/mol. The molecule has 1 fully saturated rings. The monoisotopic (exact) mass is 528 g/mol. The van der Waals surface area contributed by atoms with Crippen LogP contribution in [-0.4, -0.2) is 57.3 Å². The Labute approximate surface area is 226 Å². The van der Waals surface area contributed by atoms with Crippen molar-refractivity contribution in [3.63, 3.8) is 0 Å².